The van der Waals surface area contributed by atoms with E-state index >= 15 is 0 Å². The van der Waals surface area contributed by atoms with Crippen molar-refractivity contribution >= 4 is 5.84 Å². The molecule has 0 fully saturated rings. The Morgan fingerprint density at radius 2 is 2.11 bits per heavy atom. The summed E-state index contributed by atoms with van der Waals surface area (Å²) in [6.07, 6.45) is 1.57. The van der Waals surface area contributed by atoms with Gasteiger partial charge >= 0.3 is 0 Å². The summed E-state index contributed by atoms with van der Waals surface area (Å²) in [5, 5.41) is 7.32. The van der Waals surface area contributed by atoms with Gasteiger partial charge in [-0.15, -0.1) is 0 Å². The van der Waals surface area contributed by atoms with E-state index in [4.69, 9.17) is 20.6 Å². The highest BCUT2D eigenvalue weighted by atomic mass is 16.5. The molecule has 0 saturated heterocycles. The zero-order chi connectivity index (χ0) is 13.7. The van der Waals surface area contributed by atoms with Gasteiger partial charge in [0.2, 0.25) is 0 Å². The van der Waals surface area contributed by atoms with E-state index in [9.17, 15) is 0 Å². The van der Waals surface area contributed by atoms with Crippen LogP contribution in [0.15, 0.2) is 42.6 Å². The third kappa shape index (κ3) is 3.45. The SMILES string of the molecule is COc1cccc(COc2ccnc(C(=N)N)c2)c1. The zero-order valence-electron chi connectivity index (χ0n) is 10.6. The van der Waals surface area contributed by atoms with E-state index in [1.165, 1.54) is 0 Å². The summed E-state index contributed by atoms with van der Waals surface area (Å²) < 4.78 is 10.8. The summed E-state index contributed by atoms with van der Waals surface area (Å²) in [5.74, 6) is 1.34. The molecule has 98 valence electrons. The first-order valence-electron chi connectivity index (χ1n) is 5.75. The number of hydrogen-bond acceptors (Lipinski definition) is 4. The lowest BCUT2D eigenvalue weighted by Crippen LogP contribution is -2.13. The van der Waals surface area contributed by atoms with Crippen LogP contribution in [0, 0.1) is 5.41 Å². The fourth-order valence-corrected chi connectivity index (χ4v) is 1.58. The van der Waals surface area contributed by atoms with Gasteiger partial charge in [-0.05, 0) is 23.8 Å². The minimum absolute atomic E-state index is 0.0770. The molecule has 0 aliphatic rings. The molecule has 1 aromatic carbocycles. The maximum atomic E-state index is 7.32. The molecule has 0 aliphatic heterocycles. The molecule has 0 amide bonds. The molecule has 19 heavy (non-hydrogen) atoms. The van der Waals surface area contributed by atoms with E-state index in [0.717, 1.165) is 11.3 Å². The summed E-state index contributed by atoms with van der Waals surface area (Å²) in [5.41, 5.74) is 6.78. The number of aromatic nitrogens is 1. The molecule has 0 bridgehead atoms. The number of rotatable bonds is 5. The summed E-state index contributed by atoms with van der Waals surface area (Å²) in [6, 6.07) is 11.0. The summed E-state index contributed by atoms with van der Waals surface area (Å²) in [4.78, 5) is 3.97. The molecule has 0 saturated carbocycles. The highest BCUT2D eigenvalue weighted by Gasteiger charge is 2.02. The molecule has 2 rings (SSSR count). The fourth-order valence-electron chi connectivity index (χ4n) is 1.58. The van der Waals surface area contributed by atoms with Gasteiger partial charge in [-0.1, -0.05) is 12.1 Å². The van der Waals surface area contributed by atoms with E-state index in [-0.39, 0.29) is 5.84 Å². The maximum absolute atomic E-state index is 7.32. The molecular formula is C14H15N3O2. The third-order valence-electron chi connectivity index (χ3n) is 2.55. The molecule has 0 atom stereocenters. The minimum Gasteiger partial charge on any atom is -0.497 e. The van der Waals surface area contributed by atoms with Gasteiger partial charge < -0.3 is 15.2 Å². The van der Waals surface area contributed by atoms with Crippen LogP contribution >= 0.6 is 0 Å². The molecule has 5 heteroatoms. The van der Waals surface area contributed by atoms with Gasteiger partial charge in [-0.2, -0.15) is 0 Å². The number of hydrogen-bond donors (Lipinski definition) is 2. The average molecular weight is 257 g/mol. The molecule has 3 N–H and O–H groups in total. The fraction of sp³-hybridized carbons (Fsp3) is 0.143. The Kier molecular flexibility index (Phi) is 3.97. The lowest BCUT2D eigenvalue weighted by molar-refractivity contribution is 0.305. The number of nitrogen functional groups attached to an aromatic ring is 1. The van der Waals surface area contributed by atoms with Gasteiger partial charge in [-0.3, -0.25) is 10.4 Å². The first kappa shape index (κ1) is 12.9. The molecule has 5 nitrogen and oxygen atoms in total. The highest BCUT2D eigenvalue weighted by molar-refractivity contribution is 5.93. The normalized spacial score (nSPS) is 9.95. The smallest absolute Gasteiger partial charge is 0.141 e. The number of methoxy groups -OCH3 is 1. The molecule has 0 unspecified atom stereocenters. The number of nitrogens with one attached hydrogen (secondary N) is 1. The summed E-state index contributed by atoms with van der Waals surface area (Å²) >= 11 is 0. The molecule has 1 heterocycles. The average Bonchev–Trinajstić information content (AvgIpc) is 2.45. The van der Waals surface area contributed by atoms with E-state index in [1.54, 1.807) is 25.4 Å². The van der Waals surface area contributed by atoms with Crippen LogP contribution in [0.1, 0.15) is 11.3 Å². The van der Waals surface area contributed by atoms with Crippen LogP contribution in [0.2, 0.25) is 0 Å². The number of ether oxygens (including phenoxy) is 2. The zero-order valence-corrected chi connectivity index (χ0v) is 10.6. The number of benzene rings is 1. The molecule has 0 radical (unpaired) electrons. The number of pyridine rings is 1. The Hall–Kier alpha value is -2.56. The first-order chi connectivity index (χ1) is 9.19. The Labute approximate surface area is 111 Å². The summed E-state index contributed by atoms with van der Waals surface area (Å²) in [7, 11) is 1.63. The quantitative estimate of drug-likeness (QED) is 0.633. The lowest BCUT2D eigenvalue weighted by Gasteiger charge is -2.08. The first-order valence-corrected chi connectivity index (χ1v) is 5.75. The molecule has 2 aromatic rings. The second-order valence-electron chi connectivity index (χ2n) is 3.93. The van der Waals surface area contributed by atoms with E-state index < -0.39 is 0 Å². The lowest BCUT2D eigenvalue weighted by atomic mass is 10.2. The van der Waals surface area contributed by atoms with Gasteiger partial charge in [0.15, 0.2) is 0 Å². The van der Waals surface area contributed by atoms with Crippen molar-refractivity contribution in [3.63, 3.8) is 0 Å². The molecule has 1 aromatic heterocycles. The van der Waals surface area contributed by atoms with Gasteiger partial charge in [0, 0.05) is 12.3 Å². The highest BCUT2D eigenvalue weighted by Crippen LogP contribution is 2.16. The Morgan fingerprint density at radius 1 is 1.26 bits per heavy atom. The third-order valence-corrected chi connectivity index (χ3v) is 2.55. The van der Waals surface area contributed by atoms with Crippen molar-refractivity contribution in [1.29, 1.82) is 5.41 Å². The number of nitrogens with zero attached hydrogens (tertiary/aromatic N) is 1. The van der Waals surface area contributed by atoms with Crippen LogP contribution in [0.5, 0.6) is 11.5 Å². The van der Waals surface area contributed by atoms with Crippen LogP contribution in [0.4, 0.5) is 0 Å². The second-order valence-corrected chi connectivity index (χ2v) is 3.93. The van der Waals surface area contributed by atoms with Crippen LogP contribution < -0.4 is 15.2 Å². The Morgan fingerprint density at radius 3 is 2.84 bits per heavy atom. The van der Waals surface area contributed by atoms with E-state index in [2.05, 4.69) is 4.98 Å². The van der Waals surface area contributed by atoms with Crippen LogP contribution in [-0.2, 0) is 6.61 Å². The molecule has 0 aliphatic carbocycles. The van der Waals surface area contributed by atoms with E-state index in [0.29, 0.717) is 18.1 Å². The molecule has 0 spiro atoms. The largest absolute Gasteiger partial charge is 0.497 e. The Balaban J connectivity index is 2.05. The van der Waals surface area contributed by atoms with E-state index in [1.807, 2.05) is 24.3 Å². The van der Waals surface area contributed by atoms with Crippen molar-refractivity contribution in [2.45, 2.75) is 6.61 Å². The van der Waals surface area contributed by atoms with Crippen molar-refractivity contribution in [2.24, 2.45) is 5.73 Å². The van der Waals surface area contributed by atoms with Crippen LogP contribution in [-0.4, -0.2) is 17.9 Å². The van der Waals surface area contributed by atoms with Gasteiger partial charge in [0.1, 0.15) is 29.6 Å². The minimum atomic E-state index is -0.0770. The monoisotopic (exact) mass is 257 g/mol. The van der Waals surface area contributed by atoms with Crippen molar-refractivity contribution < 1.29 is 9.47 Å². The van der Waals surface area contributed by atoms with Crippen LogP contribution in [0.25, 0.3) is 0 Å². The predicted octanol–water partition coefficient (Wildman–Crippen LogP) is 1.95. The topological polar surface area (TPSA) is 81.2 Å². The molecular weight excluding hydrogens is 242 g/mol. The maximum Gasteiger partial charge on any atom is 0.141 e. The van der Waals surface area contributed by atoms with Crippen molar-refractivity contribution in [2.75, 3.05) is 7.11 Å². The summed E-state index contributed by atoms with van der Waals surface area (Å²) in [6.45, 7) is 0.415. The predicted molar refractivity (Wildman–Crippen MR) is 72.6 cm³/mol. The van der Waals surface area contributed by atoms with Crippen molar-refractivity contribution in [1.82, 2.24) is 4.98 Å². The van der Waals surface area contributed by atoms with Crippen molar-refractivity contribution in [3.05, 3.63) is 53.9 Å². The van der Waals surface area contributed by atoms with Crippen molar-refractivity contribution in [3.8, 4) is 11.5 Å². The van der Waals surface area contributed by atoms with Gasteiger partial charge in [0.25, 0.3) is 0 Å². The van der Waals surface area contributed by atoms with Crippen LogP contribution in [0.3, 0.4) is 0 Å². The Bertz CT molecular complexity index is 584. The van der Waals surface area contributed by atoms with Gasteiger partial charge in [-0.25, -0.2) is 0 Å². The van der Waals surface area contributed by atoms with Gasteiger partial charge in [0.05, 0.1) is 7.11 Å². The second kappa shape index (κ2) is 5.86. The number of amidine groups is 1. The number of nitrogens with two attached hydrogens (primary N) is 1. The standard InChI is InChI=1S/C14H15N3O2/c1-18-11-4-2-3-10(7-11)9-19-12-5-6-17-13(8-12)14(15)16/h2-8H,9H2,1H3,(H3,15,16).